The molecule has 6 atom stereocenters. The highest BCUT2D eigenvalue weighted by atomic mass is 16.6. The molecule has 1 saturated heterocycles. The van der Waals surface area contributed by atoms with E-state index in [2.05, 4.69) is 19.2 Å². The lowest BCUT2D eigenvalue weighted by molar-refractivity contribution is -0.171. The lowest BCUT2D eigenvalue weighted by Gasteiger charge is -2.56. The summed E-state index contributed by atoms with van der Waals surface area (Å²) in [5, 5.41) is 32.8. The van der Waals surface area contributed by atoms with Crippen molar-refractivity contribution in [3.63, 3.8) is 0 Å². The van der Waals surface area contributed by atoms with E-state index >= 15 is 0 Å². The summed E-state index contributed by atoms with van der Waals surface area (Å²) in [6.45, 7) is 15.4. The highest BCUT2D eigenvalue weighted by molar-refractivity contribution is 6.19. The van der Waals surface area contributed by atoms with Crippen molar-refractivity contribution in [3.05, 3.63) is 57.7 Å². The average Bonchev–Trinajstić information content (AvgIpc) is 3.22. The molecular weight excluding hydrogens is 694 g/mol. The number of rotatable bonds is 13. The van der Waals surface area contributed by atoms with Gasteiger partial charge in [0.25, 0.3) is 0 Å². The molecule has 6 unspecified atom stereocenters. The summed E-state index contributed by atoms with van der Waals surface area (Å²) in [7, 11) is 0. The summed E-state index contributed by atoms with van der Waals surface area (Å²) in [6.07, 6.45) is 11.1. The zero-order chi connectivity index (χ0) is 39.7. The van der Waals surface area contributed by atoms with Crippen molar-refractivity contribution in [3.8, 4) is 17.2 Å². The highest BCUT2D eigenvalue weighted by Crippen LogP contribution is 2.68. The number of aliphatic carboxylic acids is 2. The average molecular weight is 746 g/mol. The smallest absolute Gasteiger partial charge is 0.326 e. The maximum atomic E-state index is 14.9. The highest BCUT2D eigenvalue weighted by Gasteiger charge is 2.81. The van der Waals surface area contributed by atoms with Crippen LogP contribution < -0.4 is 14.8 Å². The van der Waals surface area contributed by atoms with E-state index in [4.69, 9.17) is 19.3 Å². The van der Waals surface area contributed by atoms with Gasteiger partial charge in [0, 0.05) is 35.0 Å². The molecule has 54 heavy (non-hydrogen) atoms. The molecule has 6 aliphatic rings. The van der Waals surface area contributed by atoms with Gasteiger partial charge in [-0.25, -0.2) is 4.79 Å². The minimum Gasteiger partial charge on any atom is -0.506 e. The first-order valence-electron chi connectivity index (χ1n) is 18.7. The lowest BCUT2D eigenvalue weighted by atomic mass is 9.51. The molecule has 4 bridgehead atoms. The first kappa shape index (κ1) is 39.0. The van der Waals surface area contributed by atoms with E-state index in [1.54, 1.807) is 6.08 Å². The number of hydrogen-bond donors (Lipinski definition) is 4. The SMILES string of the molecule is CC(C)=CCc1c2c(c(O)c3c1OC14C(=CC5CC1C(C)(C)OC4(C/C=C(/C)C(=O)NC(CC(=O)O)C(=O)O)C5=O)C3=O)C=CC(C)(CCCC(C)C)O2. The fourth-order valence-electron chi connectivity index (χ4n) is 9.04. The summed E-state index contributed by atoms with van der Waals surface area (Å²) in [5.41, 5.74) is -2.89. The van der Waals surface area contributed by atoms with Crippen LogP contribution in [0.1, 0.15) is 115 Å². The quantitative estimate of drug-likeness (QED) is 0.132. The number of hydrogen-bond acceptors (Lipinski definition) is 9. The van der Waals surface area contributed by atoms with E-state index in [0.29, 0.717) is 35.6 Å². The van der Waals surface area contributed by atoms with Crippen LogP contribution in [0.2, 0.25) is 0 Å². The van der Waals surface area contributed by atoms with E-state index in [-0.39, 0.29) is 40.4 Å². The number of carbonyl (C=O) groups excluding carboxylic acids is 3. The molecule has 12 heteroatoms. The number of ether oxygens (including phenoxy) is 3. The topological polar surface area (TPSA) is 186 Å². The largest absolute Gasteiger partial charge is 0.506 e. The van der Waals surface area contributed by atoms with Crippen LogP contribution >= 0.6 is 0 Å². The van der Waals surface area contributed by atoms with Crippen molar-refractivity contribution >= 4 is 35.5 Å². The van der Waals surface area contributed by atoms with Crippen molar-refractivity contribution in [1.29, 1.82) is 0 Å². The molecular formula is C42H51NO11. The van der Waals surface area contributed by atoms with E-state index < -0.39 is 70.3 Å². The number of carboxylic acid groups (broad SMARTS) is 2. The maximum absolute atomic E-state index is 14.9. The van der Waals surface area contributed by atoms with Crippen molar-refractivity contribution in [2.75, 3.05) is 0 Å². The summed E-state index contributed by atoms with van der Waals surface area (Å²) < 4.78 is 20.8. The molecule has 3 aliphatic heterocycles. The number of aromatic hydroxyl groups is 1. The van der Waals surface area contributed by atoms with Gasteiger partial charge >= 0.3 is 11.9 Å². The molecule has 3 heterocycles. The number of allylic oxidation sites excluding steroid dienone is 3. The Labute approximate surface area is 315 Å². The number of benzene rings is 1. The van der Waals surface area contributed by atoms with Gasteiger partial charge in [-0.3, -0.25) is 19.2 Å². The number of carboxylic acids is 2. The second kappa shape index (κ2) is 13.5. The van der Waals surface area contributed by atoms with Gasteiger partial charge in [-0.1, -0.05) is 44.1 Å². The van der Waals surface area contributed by atoms with Gasteiger partial charge in [-0.05, 0) is 85.3 Å². The number of fused-ring (bicyclic) bond motifs is 2. The Morgan fingerprint density at radius 3 is 2.37 bits per heavy atom. The Kier molecular flexibility index (Phi) is 9.78. The van der Waals surface area contributed by atoms with Crippen LogP contribution in [0.15, 0.2) is 41.0 Å². The second-order valence-electron chi connectivity index (χ2n) is 16.9. The number of nitrogens with one attached hydrogen (secondary N) is 1. The third-order valence-electron chi connectivity index (χ3n) is 11.7. The van der Waals surface area contributed by atoms with Crippen molar-refractivity contribution in [1.82, 2.24) is 5.32 Å². The Balaban J connectivity index is 1.49. The van der Waals surface area contributed by atoms with Crippen LogP contribution in [0.25, 0.3) is 6.08 Å². The van der Waals surface area contributed by atoms with Gasteiger partial charge in [0.2, 0.25) is 5.91 Å². The number of ketones is 2. The maximum Gasteiger partial charge on any atom is 0.326 e. The molecule has 1 aromatic carbocycles. The van der Waals surface area contributed by atoms with Crippen molar-refractivity contribution < 1.29 is 53.5 Å². The Hall–Kier alpha value is -4.71. The van der Waals surface area contributed by atoms with Crippen LogP contribution in [-0.2, 0) is 30.3 Å². The zero-order valence-corrected chi connectivity index (χ0v) is 32.3. The third-order valence-corrected chi connectivity index (χ3v) is 11.7. The predicted octanol–water partition coefficient (Wildman–Crippen LogP) is 6.28. The first-order valence-corrected chi connectivity index (χ1v) is 18.7. The van der Waals surface area contributed by atoms with Gasteiger partial charge < -0.3 is 34.8 Å². The molecule has 1 saturated carbocycles. The van der Waals surface area contributed by atoms with Crippen molar-refractivity contribution in [2.45, 2.75) is 129 Å². The van der Waals surface area contributed by atoms with Crippen molar-refractivity contribution in [2.24, 2.45) is 17.8 Å². The number of amides is 1. The van der Waals surface area contributed by atoms with E-state index in [1.807, 2.05) is 52.8 Å². The molecule has 1 spiro atoms. The first-order chi connectivity index (χ1) is 25.2. The van der Waals surface area contributed by atoms with Gasteiger partial charge in [0.1, 0.15) is 34.5 Å². The number of Topliss-reactive ketones (excluding diaryl/α,β-unsaturated/α-hetero) is 2. The number of carbonyl (C=O) groups is 5. The molecule has 3 aliphatic carbocycles. The molecule has 2 fully saturated rings. The molecule has 0 radical (unpaired) electrons. The zero-order valence-electron chi connectivity index (χ0n) is 32.3. The minimum absolute atomic E-state index is 0.00367. The molecule has 1 aromatic rings. The van der Waals surface area contributed by atoms with E-state index in [9.17, 15) is 34.2 Å². The van der Waals surface area contributed by atoms with E-state index in [1.165, 1.54) is 13.0 Å². The van der Waals surface area contributed by atoms with E-state index in [0.717, 1.165) is 24.8 Å². The summed E-state index contributed by atoms with van der Waals surface area (Å²) >= 11 is 0. The van der Waals surface area contributed by atoms with Gasteiger partial charge in [-0.15, -0.1) is 0 Å². The van der Waals surface area contributed by atoms with Crippen LogP contribution in [-0.4, -0.2) is 73.2 Å². The molecule has 4 N–H and O–H groups in total. The monoisotopic (exact) mass is 745 g/mol. The molecule has 290 valence electrons. The standard InChI is InChI=1S/C42H51NO11/c1-21(2)10-9-15-40(8)16-14-25-32(46)31-33(47)27-18-24-19-29-39(6,7)54-41(36(24)48,17-13-23(5)37(49)43-28(38(50)51)20-30(44)45)42(27,29)53-35(31)26(34(25)52-40)12-11-22(3)4/h11,13-14,16,18,21,24,28-29,46H,9-10,12,15,17,19-20H2,1-8H3,(H,43,49)(H,44,45)(H,50,51)/b23-13-. The van der Waals surface area contributed by atoms with Crippen LogP contribution in [0, 0.1) is 17.8 Å². The fraction of sp³-hybridized carbons (Fsp3) is 0.548. The summed E-state index contributed by atoms with van der Waals surface area (Å²) in [6, 6.07) is -1.68. The lowest BCUT2D eigenvalue weighted by Crippen LogP contribution is -2.72. The Bertz CT molecular complexity index is 1960. The molecule has 0 aromatic heterocycles. The minimum atomic E-state index is -1.78. The molecule has 1 amide bonds. The summed E-state index contributed by atoms with van der Waals surface area (Å²) in [4.78, 5) is 65.6. The fourth-order valence-corrected chi connectivity index (χ4v) is 9.04. The van der Waals surface area contributed by atoms with Gasteiger partial charge in [-0.2, -0.15) is 0 Å². The number of phenols is 1. The summed E-state index contributed by atoms with van der Waals surface area (Å²) in [5.74, 6) is -4.91. The normalized spacial score (nSPS) is 29.0. The van der Waals surface area contributed by atoms with Crippen LogP contribution in [0.3, 0.4) is 0 Å². The third kappa shape index (κ3) is 6.16. The number of phenolic OH excluding ortho intramolecular Hbond substituents is 1. The van der Waals surface area contributed by atoms with Gasteiger partial charge in [0.15, 0.2) is 22.8 Å². The Morgan fingerprint density at radius 1 is 1.04 bits per heavy atom. The Morgan fingerprint density at radius 2 is 1.74 bits per heavy atom. The predicted molar refractivity (Wildman–Crippen MR) is 198 cm³/mol. The van der Waals surface area contributed by atoms with Crippen LogP contribution in [0.5, 0.6) is 17.2 Å². The molecule has 7 rings (SSSR count). The van der Waals surface area contributed by atoms with Crippen LogP contribution in [0.4, 0.5) is 0 Å². The second-order valence-corrected chi connectivity index (χ2v) is 16.9. The van der Waals surface area contributed by atoms with Gasteiger partial charge in [0.05, 0.1) is 17.6 Å². The molecule has 12 nitrogen and oxygen atoms in total.